The lowest BCUT2D eigenvalue weighted by Crippen LogP contribution is -2.13. The second-order valence-corrected chi connectivity index (χ2v) is 4.38. The third-order valence-electron chi connectivity index (χ3n) is 2.38. The van der Waals surface area contributed by atoms with E-state index < -0.39 is 10.8 Å². The van der Waals surface area contributed by atoms with E-state index in [2.05, 4.69) is 15.3 Å². The fraction of sp³-hybridized carbons (Fsp3) is 0.0833. The summed E-state index contributed by atoms with van der Waals surface area (Å²) in [5.41, 5.74) is 0.632. The van der Waals surface area contributed by atoms with E-state index in [1.54, 1.807) is 13.0 Å². The predicted octanol–water partition coefficient (Wildman–Crippen LogP) is 2.60. The first-order chi connectivity index (χ1) is 9.45. The molecule has 0 spiro atoms. The normalized spacial score (nSPS) is 10.1. The van der Waals surface area contributed by atoms with Gasteiger partial charge in [-0.3, -0.25) is 19.9 Å². The summed E-state index contributed by atoms with van der Waals surface area (Å²) in [5.74, 6) is -0.347. The lowest BCUT2D eigenvalue weighted by Gasteiger charge is -2.05. The fourth-order valence-corrected chi connectivity index (χ4v) is 1.74. The quantitative estimate of drug-likeness (QED) is 0.692. The molecule has 0 unspecified atom stereocenters. The van der Waals surface area contributed by atoms with E-state index in [4.69, 9.17) is 11.6 Å². The molecule has 0 aliphatic carbocycles. The molecule has 102 valence electrons. The summed E-state index contributed by atoms with van der Waals surface area (Å²) < 4.78 is 0. The number of halogens is 1. The van der Waals surface area contributed by atoms with Gasteiger partial charge in [0.05, 0.1) is 17.3 Å². The monoisotopic (exact) mass is 292 g/mol. The Kier molecular flexibility index (Phi) is 3.90. The number of nitrogens with zero attached hydrogens (tertiary/aromatic N) is 3. The lowest BCUT2D eigenvalue weighted by molar-refractivity contribution is -0.384. The average Bonchev–Trinajstić information content (AvgIpc) is 2.37. The summed E-state index contributed by atoms with van der Waals surface area (Å²) in [6.07, 6.45) is 2.66. The number of benzene rings is 1. The molecular weight excluding hydrogens is 284 g/mol. The highest BCUT2D eigenvalue weighted by molar-refractivity contribution is 6.29. The van der Waals surface area contributed by atoms with Crippen LogP contribution >= 0.6 is 11.6 Å². The highest BCUT2D eigenvalue weighted by atomic mass is 35.5. The van der Waals surface area contributed by atoms with Crippen molar-refractivity contribution >= 4 is 29.0 Å². The number of nitro groups is 1. The first kappa shape index (κ1) is 13.9. The van der Waals surface area contributed by atoms with Crippen LogP contribution < -0.4 is 5.32 Å². The number of non-ortho nitro benzene ring substituents is 1. The lowest BCUT2D eigenvalue weighted by atomic mass is 10.1. The first-order valence-corrected chi connectivity index (χ1v) is 5.88. The molecule has 0 atom stereocenters. The van der Waals surface area contributed by atoms with Crippen molar-refractivity contribution in [3.8, 4) is 0 Å². The maximum Gasteiger partial charge on any atom is 0.270 e. The van der Waals surface area contributed by atoms with E-state index in [1.165, 1.54) is 24.5 Å². The topological polar surface area (TPSA) is 98.0 Å². The molecule has 8 heteroatoms. The number of carbonyl (C=O) groups excluding carboxylic acids is 1. The van der Waals surface area contributed by atoms with Crippen LogP contribution in [0.1, 0.15) is 15.9 Å². The molecule has 0 aliphatic heterocycles. The van der Waals surface area contributed by atoms with Gasteiger partial charge in [0.15, 0.2) is 5.82 Å². The number of hydrogen-bond acceptors (Lipinski definition) is 5. The number of nitrogens with one attached hydrogen (secondary N) is 1. The molecule has 1 amide bonds. The van der Waals surface area contributed by atoms with E-state index >= 15 is 0 Å². The van der Waals surface area contributed by atoms with Crippen molar-refractivity contribution in [1.82, 2.24) is 9.97 Å². The average molecular weight is 293 g/mol. The van der Waals surface area contributed by atoms with E-state index in [0.717, 1.165) is 0 Å². The number of amides is 1. The molecule has 1 aromatic carbocycles. The Morgan fingerprint density at radius 2 is 2.10 bits per heavy atom. The van der Waals surface area contributed by atoms with E-state index in [9.17, 15) is 14.9 Å². The van der Waals surface area contributed by atoms with E-state index in [0.29, 0.717) is 5.56 Å². The molecule has 2 rings (SSSR count). The predicted molar refractivity (Wildman–Crippen MR) is 72.8 cm³/mol. The number of aromatic nitrogens is 2. The van der Waals surface area contributed by atoms with Crippen LogP contribution in [0.15, 0.2) is 30.6 Å². The summed E-state index contributed by atoms with van der Waals surface area (Å²) in [4.78, 5) is 29.9. The van der Waals surface area contributed by atoms with Crippen LogP contribution in [0.3, 0.4) is 0 Å². The summed E-state index contributed by atoms with van der Waals surface area (Å²) in [6.45, 7) is 1.67. The van der Waals surface area contributed by atoms with Gasteiger partial charge in [-0.2, -0.15) is 0 Å². The van der Waals surface area contributed by atoms with E-state index in [-0.39, 0.29) is 22.2 Å². The van der Waals surface area contributed by atoms with Gasteiger partial charge in [0.25, 0.3) is 11.6 Å². The minimum Gasteiger partial charge on any atom is -0.305 e. The zero-order valence-corrected chi connectivity index (χ0v) is 11.1. The van der Waals surface area contributed by atoms with Gasteiger partial charge in [0.2, 0.25) is 0 Å². The maximum absolute atomic E-state index is 12.0. The number of anilines is 1. The number of carbonyl (C=O) groups is 1. The van der Waals surface area contributed by atoms with Gasteiger partial charge in [-0.25, -0.2) is 4.98 Å². The summed E-state index contributed by atoms with van der Waals surface area (Å²) in [6, 6.07) is 4.12. The van der Waals surface area contributed by atoms with Crippen molar-refractivity contribution in [3.05, 3.63) is 57.0 Å². The second kappa shape index (κ2) is 5.62. The van der Waals surface area contributed by atoms with Crippen LogP contribution in [-0.2, 0) is 0 Å². The van der Waals surface area contributed by atoms with Crippen molar-refractivity contribution < 1.29 is 9.72 Å². The molecule has 20 heavy (non-hydrogen) atoms. The smallest absolute Gasteiger partial charge is 0.270 e. The fourth-order valence-electron chi connectivity index (χ4n) is 1.59. The Hall–Kier alpha value is -2.54. The highest BCUT2D eigenvalue weighted by Crippen LogP contribution is 2.18. The van der Waals surface area contributed by atoms with Gasteiger partial charge in [-0.15, -0.1) is 0 Å². The largest absolute Gasteiger partial charge is 0.305 e. The molecule has 1 N–H and O–H groups in total. The molecule has 0 saturated heterocycles. The number of nitro benzene ring substituents is 1. The first-order valence-electron chi connectivity index (χ1n) is 5.50. The van der Waals surface area contributed by atoms with Crippen LogP contribution in [0, 0.1) is 17.0 Å². The summed E-state index contributed by atoms with van der Waals surface area (Å²) in [5, 5.41) is 13.4. The summed E-state index contributed by atoms with van der Waals surface area (Å²) in [7, 11) is 0. The van der Waals surface area contributed by atoms with Gasteiger partial charge in [0.1, 0.15) is 5.15 Å². The van der Waals surface area contributed by atoms with Crippen molar-refractivity contribution in [2.45, 2.75) is 6.92 Å². The standard InChI is InChI=1S/C12H9ClN4O3/c1-7-2-8(4-9(3-7)17(19)20)12(18)16-11-6-14-5-10(13)15-11/h2-6H,1H3,(H,15,16,18). The third-order valence-corrected chi connectivity index (χ3v) is 2.56. The summed E-state index contributed by atoms with van der Waals surface area (Å²) >= 11 is 5.65. The van der Waals surface area contributed by atoms with Crippen LogP contribution in [0.5, 0.6) is 0 Å². The molecule has 1 heterocycles. The van der Waals surface area contributed by atoms with Crippen molar-refractivity contribution in [2.24, 2.45) is 0 Å². The Morgan fingerprint density at radius 1 is 1.35 bits per heavy atom. The molecule has 0 fully saturated rings. The Morgan fingerprint density at radius 3 is 2.75 bits per heavy atom. The minimum atomic E-state index is -0.553. The molecule has 7 nitrogen and oxygen atoms in total. The Balaban J connectivity index is 2.27. The van der Waals surface area contributed by atoms with Crippen LogP contribution in [0.2, 0.25) is 5.15 Å². The van der Waals surface area contributed by atoms with Crippen LogP contribution in [0.4, 0.5) is 11.5 Å². The molecule has 0 saturated carbocycles. The SMILES string of the molecule is Cc1cc(C(=O)Nc2cncc(Cl)n2)cc([N+](=O)[O-])c1. The molecule has 0 radical (unpaired) electrons. The van der Waals surface area contributed by atoms with Crippen molar-refractivity contribution in [1.29, 1.82) is 0 Å². The second-order valence-electron chi connectivity index (χ2n) is 4.00. The Bertz CT molecular complexity index is 690. The zero-order valence-electron chi connectivity index (χ0n) is 10.3. The number of aryl methyl sites for hydroxylation is 1. The van der Waals surface area contributed by atoms with Crippen molar-refractivity contribution in [3.63, 3.8) is 0 Å². The maximum atomic E-state index is 12.0. The molecule has 0 aliphatic rings. The zero-order chi connectivity index (χ0) is 14.7. The van der Waals surface area contributed by atoms with Gasteiger partial charge >= 0.3 is 0 Å². The molecule has 2 aromatic rings. The number of rotatable bonds is 3. The Labute approximate surface area is 118 Å². The molecule has 0 bridgehead atoms. The minimum absolute atomic E-state index is 0.137. The van der Waals surface area contributed by atoms with Gasteiger partial charge in [-0.1, -0.05) is 11.6 Å². The van der Waals surface area contributed by atoms with E-state index in [1.807, 2.05) is 0 Å². The molecule has 1 aromatic heterocycles. The van der Waals surface area contributed by atoms with Crippen molar-refractivity contribution in [2.75, 3.05) is 5.32 Å². The molecular formula is C12H9ClN4O3. The van der Waals surface area contributed by atoms with Gasteiger partial charge < -0.3 is 5.32 Å². The highest BCUT2D eigenvalue weighted by Gasteiger charge is 2.14. The number of hydrogen-bond donors (Lipinski definition) is 1. The van der Waals surface area contributed by atoms with Crippen LogP contribution in [0.25, 0.3) is 0 Å². The van der Waals surface area contributed by atoms with Gasteiger partial charge in [0, 0.05) is 17.7 Å². The van der Waals surface area contributed by atoms with Gasteiger partial charge in [-0.05, 0) is 18.6 Å². The van der Waals surface area contributed by atoms with Crippen LogP contribution in [-0.4, -0.2) is 20.8 Å². The third kappa shape index (κ3) is 3.27.